The van der Waals surface area contributed by atoms with Crippen LogP contribution in [0.4, 0.5) is 5.95 Å². The molecular formula is C13H20N8. The Balaban J connectivity index is 1.50. The van der Waals surface area contributed by atoms with Gasteiger partial charge in [-0.25, -0.2) is 9.67 Å². The quantitative estimate of drug-likeness (QED) is 0.838. The van der Waals surface area contributed by atoms with Crippen LogP contribution in [0, 0.1) is 5.92 Å². The molecule has 4 heterocycles. The van der Waals surface area contributed by atoms with E-state index in [1.54, 1.807) is 11.0 Å². The van der Waals surface area contributed by atoms with Crippen LogP contribution < -0.4 is 10.2 Å². The number of piperidine rings is 1. The molecule has 2 aromatic heterocycles. The van der Waals surface area contributed by atoms with E-state index in [-0.39, 0.29) is 6.04 Å². The predicted octanol–water partition coefficient (Wildman–Crippen LogP) is 0.194. The van der Waals surface area contributed by atoms with Crippen molar-refractivity contribution in [1.29, 1.82) is 0 Å². The lowest BCUT2D eigenvalue weighted by atomic mass is 9.94. The van der Waals surface area contributed by atoms with Crippen LogP contribution in [0.15, 0.2) is 12.7 Å². The lowest BCUT2D eigenvalue weighted by Gasteiger charge is -2.24. The molecule has 3 unspecified atom stereocenters. The second-order valence-corrected chi connectivity index (χ2v) is 5.94. The zero-order chi connectivity index (χ0) is 14.2. The van der Waals surface area contributed by atoms with Crippen molar-refractivity contribution in [2.45, 2.75) is 31.8 Å². The first-order valence-corrected chi connectivity index (χ1v) is 7.56. The van der Waals surface area contributed by atoms with E-state index in [1.807, 2.05) is 6.92 Å². The first kappa shape index (κ1) is 12.8. The third-order valence-electron chi connectivity index (χ3n) is 4.60. The molecule has 2 aliphatic rings. The van der Waals surface area contributed by atoms with Gasteiger partial charge in [-0.15, -0.1) is 5.10 Å². The number of aromatic nitrogens is 6. The molecule has 0 aromatic carbocycles. The number of nitrogens with zero attached hydrogens (tertiary/aromatic N) is 6. The molecular weight excluding hydrogens is 268 g/mol. The molecule has 2 fully saturated rings. The van der Waals surface area contributed by atoms with Crippen molar-refractivity contribution in [2.24, 2.45) is 5.92 Å². The summed E-state index contributed by atoms with van der Waals surface area (Å²) < 4.78 is 1.77. The molecule has 3 atom stereocenters. The summed E-state index contributed by atoms with van der Waals surface area (Å²) in [6.07, 6.45) is 5.81. The molecule has 4 rings (SSSR count). The highest BCUT2D eigenvalue weighted by molar-refractivity contribution is 5.33. The van der Waals surface area contributed by atoms with Gasteiger partial charge in [-0.1, -0.05) is 0 Å². The topological polar surface area (TPSA) is 87.5 Å². The molecule has 21 heavy (non-hydrogen) atoms. The fourth-order valence-electron chi connectivity index (χ4n) is 3.35. The average molecular weight is 288 g/mol. The van der Waals surface area contributed by atoms with E-state index in [0.29, 0.717) is 6.04 Å². The van der Waals surface area contributed by atoms with E-state index >= 15 is 0 Å². The highest BCUT2D eigenvalue weighted by Crippen LogP contribution is 2.27. The van der Waals surface area contributed by atoms with Gasteiger partial charge in [0.15, 0.2) is 5.82 Å². The Kier molecular flexibility index (Phi) is 3.10. The van der Waals surface area contributed by atoms with Gasteiger partial charge in [0.05, 0.1) is 0 Å². The van der Waals surface area contributed by atoms with Crippen molar-refractivity contribution in [3.63, 3.8) is 0 Å². The van der Waals surface area contributed by atoms with Crippen LogP contribution >= 0.6 is 0 Å². The molecule has 0 bridgehead atoms. The summed E-state index contributed by atoms with van der Waals surface area (Å²) in [6, 6.07) is 0.602. The summed E-state index contributed by atoms with van der Waals surface area (Å²) in [5, 5.41) is 15.2. The molecule has 8 heteroatoms. The van der Waals surface area contributed by atoms with E-state index in [4.69, 9.17) is 0 Å². The summed E-state index contributed by atoms with van der Waals surface area (Å²) in [5.41, 5.74) is 0. The average Bonchev–Trinajstić information content (AvgIpc) is 3.24. The van der Waals surface area contributed by atoms with E-state index in [0.717, 1.165) is 37.3 Å². The SMILES string of the molecule is CC(c1nc(N2CC3CCCNC3C2)n[nH]1)n1cncn1. The van der Waals surface area contributed by atoms with Gasteiger partial charge in [0.1, 0.15) is 18.7 Å². The first-order chi connectivity index (χ1) is 10.3. The smallest absolute Gasteiger partial charge is 0.244 e. The number of hydrogen-bond acceptors (Lipinski definition) is 6. The first-order valence-electron chi connectivity index (χ1n) is 7.56. The number of rotatable bonds is 3. The monoisotopic (exact) mass is 288 g/mol. The molecule has 2 N–H and O–H groups in total. The zero-order valence-electron chi connectivity index (χ0n) is 12.1. The van der Waals surface area contributed by atoms with Gasteiger partial charge in [0.25, 0.3) is 0 Å². The maximum atomic E-state index is 4.65. The fraction of sp³-hybridized carbons (Fsp3) is 0.692. The molecule has 2 saturated heterocycles. The Hall–Kier alpha value is -1.96. The minimum Gasteiger partial charge on any atom is -0.338 e. The number of H-pyrrole nitrogens is 1. The number of fused-ring (bicyclic) bond motifs is 1. The third kappa shape index (κ3) is 2.29. The van der Waals surface area contributed by atoms with Crippen LogP contribution in [0.5, 0.6) is 0 Å². The van der Waals surface area contributed by atoms with Crippen molar-refractivity contribution in [3.05, 3.63) is 18.5 Å². The van der Waals surface area contributed by atoms with Crippen LogP contribution in [-0.4, -0.2) is 55.6 Å². The summed E-state index contributed by atoms with van der Waals surface area (Å²) in [4.78, 5) is 10.9. The highest BCUT2D eigenvalue weighted by atomic mass is 15.4. The maximum absolute atomic E-state index is 4.65. The van der Waals surface area contributed by atoms with Gasteiger partial charge in [-0.2, -0.15) is 10.1 Å². The fourth-order valence-corrected chi connectivity index (χ4v) is 3.35. The van der Waals surface area contributed by atoms with Gasteiger partial charge in [-0.3, -0.25) is 5.10 Å². The second-order valence-electron chi connectivity index (χ2n) is 5.94. The molecule has 0 radical (unpaired) electrons. The Morgan fingerprint density at radius 3 is 3.14 bits per heavy atom. The molecule has 2 aromatic rings. The molecule has 0 amide bonds. The Bertz CT molecular complexity index is 577. The highest BCUT2D eigenvalue weighted by Gasteiger charge is 2.35. The van der Waals surface area contributed by atoms with E-state index in [9.17, 15) is 0 Å². The lowest BCUT2D eigenvalue weighted by molar-refractivity contribution is 0.340. The van der Waals surface area contributed by atoms with E-state index in [1.165, 1.54) is 19.2 Å². The van der Waals surface area contributed by atoms with Crippen LogP contribution in [0.1, 0.15) is 31.6 Å². The molecule has 0 aliphatic carbocycles. The van der Waals surface area contributed by atoms with Crippen molar-refractivity contribution >= 4 is 5.95 Å². The van der Waals surface area contributed by atoms with Gasteiger partial charge in [0, 0.05) is 19.1 Å². The summed E-state index contributed by atoms with van der Waals surface area (Å²) in [6.45, 7) is 5.22. The van der Waals surface area contributed by atoms with Gasteiger partial charge in [0.2, 0.25) is 5.95 Å². The predicted molar refractivity (Wildman–Crippen MR) is 76.9 cm³/mol. The van der Waals surface area contributed by atoms with Crippen molar-refractivity contribution in [1.82, 2.24) is 35.3 Å². The van der Waals surface area contributed by atoms with Crippen molar-refractivity contribution in [2.75, 3.05) is 24.5 Å². The van der Waals surface area contributed by atoms with Gasteiger partial charge in [-0.05, 0) is 32.2 Å². The maximum Gasteiger partial charge on any atom is 0.244 e. The molecule has 0 spiro atoms. The van der Waals surface area contributed by atoms with Crippen LogP contribution in [0.2, 0.25) is 0 Å². The van der Waals surface area contributed by atoms with E-state index in [2.05, 4.69) is 35.5 Å². The van der Waals surface area contributed by atoms with Crippen LogP contribution in [0.3, 0.4) is 0 Å². The Morgan fingerprint density at radius 2 is 2.33 bits per heavy atom. The Morgan fingerprint density at radius 1 is 1.38 bits per heavy atom. The number of nitrogens with one attached hydrogen (secondary N) is 2. The molecule has 112 valence electrons. The van der Waals surface area contributed by atoms with Gasteiger partial charge < -0.3 is 10.2 Å². The van der Waals surface area contributed by atoms with E-state index < -0.39 is 0 Å². The third-order valence-corrected chi connectivity index (χ3v) is 4.60. The summed E-state index contributed by atoms with van der Waals surface area (Å²) in [7, 11) is 0. The van der Waals surface area contributed by atoms with Crippen molar-refractivity contribution < 1.29 is 0 Å². The second kappa shape index (κ2) is 5.10. The van der Waals surface area contributed by atoms with Crippen molar-refractivity contribution in [3.8, 4) is 0 Å². The lowest BCUT2D eigenvalue weighted by Crippen LogP contribution is -2.40. The normalized spacial score (nSPS) is 26.8. The summed E-state index contributed by atoms with van der Waals surface area (Å²) >= 11 is 0. The number of hydrogen-bond donors (Lipinski definition) is 2. The zero-order valence-corrected chi connectivity index (χ0v) is 12.1. The summed E-state index contributed by atoms with van der Waals surface area (Å²) in [5.74, 6) is 2.35. The van der Waals surface area contributed by atoms with Crippen LogP contribution in [-0.2, 0) is 0 Å². The molecule has 0 saturated carbocycles. The number of anilines is 1. The Labute approximate surface area is 123 Å². The standard InChI is InChI=1S/C13H20N8/c1-9(21-8-14-7-16-21)12-17-13(19-18-12)20-5-10-3-2-4-15-11(10)6-20/h7-11,15H,2-6H2,1H3,(H,17,18,19). The molecule has 8 nitrogen and oxygen atoms in total. The molecule has 2 aliphatic heterocycles. The van der Waals surface area contributed by atoms with Crippen LogP contribution in [0.25, 0.3) is 0 Å². The largest absolute Gasteiger partial charge is 0.338 e. The van der Waals surface area contributed by atoms with Gasteiger partial charge >= 0.3 is 0 Å². The minimum atomic E-state index is 0.0109. The minimum absolute atomic E-state index is 0.0109. The number of aromatic amines is 1.